The van der Waals surface area contributed by atoms with Gasteiger partial charge in [-0.3, -0.25) is 19.2 Å². The topological polar surface area (TPSA) is 146 Å². The number of halogens is 2. The zero-order valence-electron chi connectivity index (χ0n) is 25.4. The molecule has 0 saturated heterocycles. The molecule has 2 atom stereocenters. The molecule has 0 amide bonds. The van der Waals surface area contributed by atoms with Gasteiger partial charge in [-0.05, 0) is 25.0 Å². The van der Waals surface area contributed by atoms with Gasteiger partial charge in [0.2, 0.25) is 0 Å². The second kappa shape index (κ2) is 15.3. The van der Waals surface area contributed by atoms with Crippen LogP contribution in [-0.2, 0) is 9.59 Å². The Morgan fingerprint density at radius 3 is 1.39 bits per heavy atom. The number of hydrogen-bond donors (Lipinski definition) is 2. The molecule has 10 nitrogen and oxygen atoms in total. The molecule has 0 saturated carbocycles. The highest BCUT2D eigenvalue weighted by molar-refractivity contribution is 7.21. The second-order valence-electron chi connectivity index (χ2n) is 10.6. The van der Waals surface area contributed by atoms with Crippen LogP contribution in [-0.4, -0.2) is 61.2 Å². The summed E-state index contributed by atoms with van der Waals surface area (Å²) in [6.07, 6.45) is 0.933. The molecule has 2 N–H and O–H groups in total. The molecule has 0 bridgehead atoms. The number of hydrogen-bond acceptors (Lipinski definition) is 10. The molecular weight excluding hydrogens is 679 g/mol. The number of carboxylic acids is 2. The number of ether oxygens (including phenoxy) is 4. The fourth-order valence-corrected chi connectivity index (χ4v) is 7.35. The molecule has 2 aromatic carbocycles. The van der Waals surface area contributed by atoms with Crippen LogP contribution < -0.4 is 18.9 Å². The van der Waals surface area contributed by atoms with Gasteiger partial charge in [-0.25, -0.2) is 0 Å². The molecule has 4 rings (SSSR count). The molecular formula is C32H32Cl2O10S2. The molecule has 0 aliphatic heterocycles. The minimum absolute atomic E-state index is 0.116. The Labute approximate surface area is 282 Å². The van der Waals surface area contributed by atoms with Crippen molar-refractivity contribution in [2.75, 3.05) is 27.4 Å². The lowest BCUT2D eigenvalue weighted by atomic mass is 10.0. The summed E-state index contributed by atoms with van der Waals surface area (Å²) >= 11 is 15.8. The fraction of sp³-hybridized carbons (Fsp3) is 0.375. The normalized spacial score (nSPS) is 12.6. The van der Waals surface area contributed by atoms with Crippen molar-refractivity contribution in [2.24, 2.45) is 11.8 Å². The molecule has 246 valence electrons. The van der Waals surface area contributed by atoms with E-state index in [0.29, 0.717) is 75.8 Å². The van der Waals surface area contributed by atoms with Gasteiger partial charge in [0.05, 0.1) is 59.1 Å². The lowest BCUT2D eigenvalue weighted by Gasteiger charge is -2.14. The van der Waals surface area contributed by atoms with Gasteiger partial charge in [-0.2, -0.15) is 0 Å². The van der Waals surface area contributed by atoms with E-state index < -0.39 is 23.8 Å². The van der Waals surface area contributed by atoms with Crippen molar-refractivity contribution in [3.8, 4) is 23.0 Å². The van der Waals surface area contributed by atoms with Crippen LogP contribution in [0.1, 0.15) is 58.9 Å². The molecule has 0 aliphatic rings. The van der Waals surface area contributed by atoms with Crippen molar-refractivity contribution >= 4 is 89.6 Å². The summed E-state index contributed by atoms with van der Waals surface area (Å²) < 4.78 is 24.4. The van der Waals surface area contributed by atoms with E-state index in [1.54, 1.807) is 24.3 Å². The zero-order valence-corrected chi connectivity index (χ0v) is 28.6. The number of methoxy groups -OCH3 is 2. The number of ketones is 2. The van der Waals surface area contributed by atoms with Gasteiger partial charge in [0.1, 0.15) is 0 Å². The standard InChI is InChI=1S/C32H32Cl2O10S2/c1-15(31(37)38)9-19(35)25-11-17-23(45-25)13-21(41-3)29(27(17)33)43-7-5-6-8-44-30-22(42-4)14-24-18(28(30)34)12-26(46-24)20(36)10-16(2)32(39)40/h11-16H,5-10H2,1-4H3,(H,37,38)(H,39,40)/t15-,16-/m0/s1. The number of carboxylic acid groups (broad SMARTS) is 2. The maximum absolute atomic E-state index is 12.6. The largest absolute Gasteiger partial charge is 0.493 e. The Hall–Kier alpha value is -3.58. The van der Waals surface area contributed by atoms with Crippen molar-refractivity contribution in [1.29, 1.82) is 0 Å². The molecule has 2 heterocycles. The van der Waals surface area contributed by atoms with E-state index in [4.69, 9.17) is 52.4 Å². The van der Waals surface area contributed by atoms with E-state index in [1.807, 2.05) is 0 Å². The van der Waals surface area contributed by atoms with Crippen LogP contribution in [0.4, 0.5) is 0 Å². The van der Waals surface area contributed by atoms with Crippen LogP contribution in [0.25, 0.3) is 20.2 Å². The van der Waals surface area contributed by atoms with E-state index >= 15 is 0 Å². The number of rotatable bonds is 17. The molecule has 0 unspecified atom stereocenters. The summed E-state index contributed by atoms with van der Waals surface area (Å²) in [5.41, 5.74) is 0. The summed E-state index contributed by atoms with van der Waals surface area (Å²) in [5.74, 6) is -2.73. The van der Waals surface area contributed by atoms with Crippen LogP contribution in [0.2, 0.25) is 10.0 Å². The highest BCUT2D eigenvalue weighted by Gasteiger charge is 2.24. The SMILES string of the molecule is COc1cc2sc(C(=O)C[C@H](C)C(=O)O)cc2c(Cl)c1OCCCCOc1c(OC)cc2sc(C(=O)C[C@H](C)C(=O)O)cc2c1Cl. The maximum Gasteiger partial charge on any atom is 0.306 e. The van der Waals surface area contributed by atoms with Crippen LogP contribution in [0.15, 0.2) is 24.3 Å². The predicted octanol–water partition coefficient (Wildman–Crippen LogP) is 8.27. The van der Waals surface area contributed by atoms with Crippen LogP contribution in [0, 0.1) is 11.8 Å². The Kier molecular flexibility index (Phi) is 11.8. The quantitative estimate of drug-likeness (QED) is 0.0811. The number of aliphatic carboxylic acids is 2. The smallest absolute Gasteiger partial charge is 0.306 e. The van der Waals surface area contributed by atoms with Crippen molar-refractivity contribution in [3.05, 3.63) is 44.1 Å². The number of carbonyl (C=O) groups excluding carboxylic acids is 2. The van der Waals surface area contributed by atoms with Gasteiger partial charge in [-0.1, -0.05) is 37.0 Å². The second-order valence-corrected chi connectivity index (χ2v) is 13.5. The molecule has 0 spiro atoms. The van der Waals surface area contributed by atoms with Gasteiger partial charge < -0.3 is 29.2 Å². The number of benzene rings is 2. The molecule has 4 aromatic rings. The van der Waals surface area contributed by atoms with Gasteiger partial charge >= 0.3 is 11.9 Å². The van der Waals surface area contributed by atoms with Gasteiger partial charge in [0, 0.05) is 45.1 Å². The van der Waals surface area contributed by atoms with Crippen LogP contribution in [0.3, 0.4) is 0 Å². The molecule has 0 aliphatic carbocycles. The molecule has 0 radical (unpaired) electrons. The third-order valence-corrected chi connectivity index (χ3v) is 10.2. The van der Waals surface area contributed by atoms with Gasteiger partial charge in [-0.15, -0.1) is 22.7 Å². The lowest BCUT2D eigenvalue weighted by molar-refractivity contribution is -0.141. The van der Waals surface area contributed by atoms with Crippen molar-refractivity contribution in [3.63, 3.8) is 0 Å². The molecule has 46 heavy (non-hydrogen) atoms. The molecule has 0 fully saturated rings. The summed E-state index contributed by atoms with van der Waals surface area (Å²) in [6.45, 7) is 3.54. The van der Waals surface area contributed by atoms with E-state index in [0.717, 1.165) is 0 Å². The zero-order chi connectivity index (χ0) is 33.7. The number of Topliss-reactive ketones (excluding diaryl/α,β-unsaturated/α-hetero) is 2. The van der Waals surface area contributed by atoms with E-state index in [1.165, 1.54) is 50.7 Å². The van der Waals surface area contributed by atoms with Gasteiger partial charge in [0.15, 0.2) is 34.6 Å². The molecule has 14 heteroatoms. The van der Waals surface area contributed by atoms with Gasteiger partial charge in [0.25, 0.3) is 0 Å². The highest BCUT2D eigenvalue weighted by atomic mass is 35.5. The first-order chi connectivity index (χ1) is 21.9. The highest BCUT2D eigenvalue weighted by Crippen LogP contribution is 2.46. The summed E-state index contributed by atoms with van der Waals surface area (Å²) in [5, 5.41) is 20.1. The fourth-order valence-electron chi connectivity index (χ4n) is 4.53. The average molecular weight is 712 g/mol. The predicted molar refractivity (Wildman–Crippen MR) is 178 cm³/mol. The third kappa shape index (κ3) is 7.86. The van der Waals surface area contributed by atoms with Crippen LogP contribution >= 0.6 is 45.9 Å². The first-order valence-electron chi connectivity index (χ1n) is 14.2. The first-order valence-corrected chi connectivity index (χ1v) is 16.6. The Balaban J connectivity index is 1.39. The Morgan fingerprint density at radius 2 is 1.07 bits per heavy atom. The van der Waals surface area contributed by atoms with Crippen molar-refractivity contribution < 1.29 is 48.3 Å². The first kappa shape index (κ1) is 35.3. The summed E-state index contributed by atoms with van der Waals surface area (Å²) in [4.78, 5) is 48.4. The summed E-state index contributed by atoms with van der Waals surface area (Å²) in [7, 11) is 2.98. The third-order valence-electron chi connectivity index (χ3n) is 7.21. The number of carbonyl (C=O) groups is 4. The Bertz CT molecular complexity index is 1660. The van der Waals surface area contributed by atoms with Crippen LogP contribution in [0.5, 0.6) is 23.0 Å². The average Bonchev–Trinajstić information content (AvgIpc) is 3.65. The maximum atomic E-state index is 12.6. The lowest BCUT2D eigenvalue weighted by Crippen LogP contribution is -2.13. The minimum atomic E-state index is -1.03. The molecule has 2 aromatic heterocycles. The van der Waals surface area contributed by atoms with E-state index in [9.17, 15) is 19.2 Å². The Morgan fingerprint density at radius 1 is 0.696 bits per heavy atom. The van der Waals surface area contributed by atoms with E-state index in [2.05, 4.69) is 0 Å². The van der Waals surface area contributed by atoms with E-state index in [-0.39, 0.29) is 37.6 Å². The number of unbranched alkanes of at least 4 members (excludes halogenated alkanes) is 1. The van der Waals surface area contributed by atoms with Crippen molar-refractivity contribution in [1.82, 2.24) is 0 Å². The minimum Gasteiger partial charge on any atom is -0.493 e. The number of fused-ring (bicyclic) bond motifs is 2. The monoisotopic (exact) mass is 710 g/mol. The van der Waals surface area contributed by atoms with Crippen molar-refractivity contribution in [2.45, 2.75) is 39.5 Å². The number of thiophene rings is 2. The summed E-state index contributed by atoms with van der Waals surface area (Å²) in [6, 6.07) is 6.77.